The highest BCUT2D eigenvalue weighted by molar-refractivity contribution is 7.09. The summed E-state index contributed by atoms with van der Waals surface area (Å²) in [4.78, 5) is 41.6. The lowest BCUT2D eigenvalue weighted by atomic mass is 9.98. The number of hydrogen-bond donors (Lipinski definition) is 2. The number of carbonyl (C=O) groups is 3. The van der Waals surface area contributed by atoms with E-state index in [1.165, 1.54) is 25.3 Å². The molecule has 34 heavy (non-hydrogen) atoms. The average Bonchev–Trinajstić information content (AvgIpc) is 3.45. The zero-order valence-electron chi connectivity index (χ0n) is 19.0. The van der Waals surface area contributed by atoms with Crippen molar-refractivity contribution in [3.05, 3.63) is 75.7 Å². The largest absolute Gasteiger partial charge is 0.480 e. The first-order valence-electron chi connectivity index (χ1n) is 10.8. The number of aromatic nitrogens is 1. The van der Waals surface area contributed by atoms with E-state index in [-0.39, 0.29) is 18.2 Å². The summed E-state index contributed by atoms with van der Waals surface area (Å²) in [7, 11) is 1.42. The molecule has 3 aromatic rings. The smallest absolute Gasteiger partial charge is 0.407 e. The number of carboxylic acids is 1. The molecule has 2 amide bonds. The van der Waals surface area contributed by atoms with Gasteiger partial charge in [0.15, 0.2) is 0 Å². The fourth-order valence-electron chi connectivity index (χ4n) is 3.99. The fourth-order valence-corrected chi connectivity index (χ4v) is 4.79. The first-order chi connectivity index (χ1) is 16.3. The molecule has 1 aliphatic carbocycles. The number of nitrogens with one attached hydrogen (secondary N) is 1. The second kappa shape index (κ2) is 9.64. The van der Waals surface area contributed by atoms with Crippen LogP contribution in [0.15, 0.2) is 53.9 Å². The average molecular weight is 480 g/mol. The molecular weight excluding hydrogens is 454 g/mol. The highest BCUT2D eigenvalue weighted by Crippen LogP contribution is 2.44. The zero-order chi connectivity index (χ0) is 24.4. The molecule has 0 aliphatic heterocycles. The minimum absolute atomic E-state index is 0.0377. The topological polar surface area (TPSA) is 109 Å². The Hall–Kier alpha value is -3.72. The predicted molar refractivity (Wildman–Crippen MR) is 128 cm³/mol. The molecule has 8 nitrogen and oxygen atoms in total. The Bertz CT molecular complexity index is 1200. The molecular formula is C25H25N3O5S. The van der Waals surface area contributed by atoms with Crippen LogP contribution in [-0.2, 0) is 9.53 Å². The molecule has 0 saturated carbocycles. The second-order valence-corrected chi connectivity index (χ2v) is 9.08. The minimum atomic E-state index is -1.10. The lowest BCUT2D eigenvalue weighted by Gasteiger charge is -2.20. The van der Waals surface area contributed by atoms with Crippen LogP contribution in [-0.4, -0.2) is 52.7 Å². The van der Waals surface area contributed by atoms with Gasteiger partial charge in [-0.25, -0.2) is 14.6 Å². The van der Waals surface area contributed by atoms with Crippen LogP contribution in [0.3, 0.4) is 0 Å². The van der Waals surface area contributed by atoms with E-state index in [4.69, 9.17) is 9.84 Å². The minimum Gasteiger partial charge on any atom is -0.480 e. The first-order valence-corrected chi connectivity index (χ1v) is 11.7. The number of carbonyl (C=O) groups excluding carboxylic acids is 2. The van der Waals surface area contributed by atoms with E-state index in [1.54, 1.807) is 12.3 Å². The lowest BCUT2D eigenvalue weighted by Crippen LogP contribution is -2.40. The molecule has 0 bridgehead atoms. The molecule has 0 radical (unpaired) electrons. The van der Waals surface area contributed by atoms with Crippen molar-refractivity contribution < 1.29 is 24.2 Å². The molecule has 1 aliphatic rings. The van der Waals surface area contributed by atoms with Gasteiger partial charge in [0.1, 0.15) is 23.4 Å². The standard InChI is InChI=1S/C25H25N3O5S/c1-14(22-27-21(13-34-22)23(29)28(3)15(2)24(30)31)26-25(32)33-12-20-18-10-6-4-8-16(18)17-9-5-7-11-19(17)20/h4-11,13-15,20H,12H2,1-3H3,(H,26,32)(H,30,31). The van der Waals surface area contributed by atoms with Gasteiger partial charge in [-0.15, -0.1) is 11.3 Å². The number of alkyl carbamates (subject to hydrolysis) is 1. The maximum absolute atomic E-state index is 12.5. The van der Waals surface area contributed by atoms with E-state index >= 15 is 0 Å². The van der Waals surface area contributed by atoms with E-state index < -0.39 is 30.1 Å². The van der Waals surface area contributed by atoms with E-state index in [0.717, 1.165) is 27.2 Å². The molecule has 1 heterocycles. The summed E-state index contributed by atoms with van der Waals surface area (Å²) < 4.78 is 5.57. The van der Waals surface area contributed by atoms with E-state index in [1.807, 2.05) is 24.3 Å². The molecule has 2 unspecified atom stereocenters. The van der Waals surface area contributed by atoms with Crippen molar-refractivity contribution in [1.82, 2.24) is 15.2 Å². The molecule has 9 heteroatoms. The van der Waals surface area contributed by atoms with Crippen LogP contribution in [0.1, 0.15) is 52.4 Å². The first kappa shape index (κ1) is 23.4. The number of benzene rings is 2. The van der Waals surface area contributed by atoms with Crippen LogP contribution in [0.5, 0.6) is 0 Å². The molecule has 2 N–H and O–H groups in total. The maximum atomic E-state index is 12.5. The third-order valence-electron chi connectivity index (χ3n) is 6.05. The van der Waals surface area contributed by atoms with Crippen molar-refractivity contribution in [3.63, 3.8) is 0 Å². The molecule has 4 rings (SSSR count). The summed E-state index contributed by atoms with van der Waals surface area (Å²) in [6.07, 6.45) is -0.575. The van der Waals surface area contributed by atoms with Crippen LogP contribution in [0, 0.1) is 0 Å². The Morgan fingerprint density at radius 1 is 1.09 bits per heavy atom. The summed E-state index contributed by atoms with van der Waals surface area (Å²) in [6.45, 7) is 3.37. The summed E-state index contributed by atoms with van der Waals surface area (Å²) >= 11 is 1.21. The van der Waals surface area contributed by atoms with Crippen molar-refractivity contribution >= 4 is 29.3 Å². The van der Waals surface area contributed by atoms with Crippen LogP contribution < -0.4 is 5.32 Å². The Morgan fingerprint density at radius 3 is 2.26 bits per heavy atom. The summed E-state index contributed by atoms with van der Waals surface area (Å²) in [5.74, 6) is -1.63. The predicted octanol–water partition coefficient (Wildman–Crippen LogP) is 4.29. The number of likely N-dealkylation sites (N-methyl/N-ethyl adjacent to an activating group) is 1. The molecule has 0 saturated heterocycles. The number of amides is 2. The van der Waals surface area contributed by atoms with E-state index in [0.29, 0.717) is 5.01 Å². The Balaban J connectivity index is 1.37. The number of ether oxygens (including phenoxy) is 1. The normalized spacial score (nSPS) is 14.0. The van der Waals surface area contributed by atoms with Crippen molar-refractivity contribution in [2.75, 3.05) is 13.7 Å². The lowest BCUT2D eigenvalue weighted by molar-refractivity contribution is -0.141. The van der Waals surface area contributed by atoms with Crippen LogP contribution >= 0.6 is 11.3 Å². The fraction of sp³-hybridized carbons (Fsp3) is 0.280. The van der Waals surface area contributed by atoms with Gasteiger partial charge in [-0.2, -0.15) is 0 Å². The van der Waals surface area contributed by atoms with E-state index in [2.05, 4.69) is 34.6 Å². The van der Waals surface area contributed by atoms with Crippen molar-refractivity contribution in [1.29, 1.82) is 0 Å². The number of fused-ring (bicyclic) bond motifs is 3. The summed E-state index contributed by atoms with van der Waals surface area (Å²) in [5.41, 5.74) is 4.71. The molecule has 1 aromatic heterocycles. The summed E-state index contributed by atoms with van der Waals surface area (Å²) in [6, 6.07) is 14.8. The SMILES string of the molecule is CC(NC(=O)OCC1c2ccccc2-c2ccccc21)c1nc(C(=O)N(C)C(C)C(=O)O)cs1. The Morgan fingerprint density at radius 2 is 1.68 bits per heavy atom. The third kappa shape index (κ3) is 4.51. The van der Waals surface area contributed by atoms with Crippen LogP contribution in [0.2, 0.25) is 0 Å². The third-order valence-corrected chi connectivity index (χ3v) is 7.08. The van der Waals surface area contributed by atoms with Gasteiger partial charge in [-0.1, -0.05) is 48.5 Å². The number of aliphatic carboxylic acids is 1. The van der Waals surface area contributed by atoms with Gasteiger partial charge in [0.2, 0.25) is 0 Å². The highest BCUT2D eigenvalue weighted by Gasteiger charge is 2.29. The number of nitrogens with zero attached hydrogens (tertiary/aromatic N) is 2. The van der Waals surface area contributed by atoms with Gasteiger partial charge in [0.25, 0.3) is 5.91 Å². The van der Waals surface area contributed by atoms with Gasteiger partial charge in [0, 0.05) is 18.3 Å². The number of hydrogen-bond acceptors (Lipinski definition) is 6. The van der Waals surface area contributed by atoms with Crippen LogP contribution in [0.4, 0.5) is 4.79 Å². The zero-order valence-corrected chi connectivity index (χ0v) is 19.8. The molecule has 2 atom stereocenters. The monoisotopic (exact) mass is 479 g/mol. The van der Waals surface area contributed by atoms with Crippen molar-refractivity contribution in [2.45, 2.75) is 31.8 Å². The number of rotatable bonds is 7. The van der Waals surface area contributed by atoms with Gasteiger partial charge >= 0.3 is 12.1 Å². The highest BCUT2D eigenvalue weighted by atomic mass is 32.1. The molecule has 176 valence electrons. The van der Waals surface area contributed by atoms with Crippen molar-refractivity contribution in [2.24, 2.45) is 0 Å². The molecule has 2 aromatic carbocycles. The number of carboxylic acid groups (broad SMARTS) is 1. The Labute approximate surface area is 201 Å². The molecule has 0 spiro atoms. The molecule has 0 fully saturated rings. The van der Waals surface area contributed by atoms with Crippen molar-refractivity contribution in [3.8, 4) is 11.1 Å². The van der Waals surface area contributed by atoms with Gasteiger partial charge in [0.05, 0.1) is 6.04 Å². The van der Waals surface area contributed by atoms with Gasteiger partial charge in [-0.3, -0.25) is 4.79 Å². The van der Waals surface area contributed by atoms with E-state index in [9.17, 15) is 14.4 Å². The quantitative estimate of drug-likeness (QED) is 0.523. The summed E-state index contributed by atoms with van der Waals surface area (Å²) in [5, 5.41) is 13.9. The maximum Gasteiger partial charge on any atom is 0.407 e. The van der Waals surface area contributed by atoms with Gasteiger partial charge < -0.3 is 20.1 Å². The Kier molecular flexibility index (Phi) is 6.65. The number of thiazole rings is 1. The second-order valence-electron chi connectivity index (χ2n) is 8.19. The van der Waals surface area contributed by atoms with Gasteiger partial charge in [-0.05, 0) is 36.1 Å². The van der Waals surface area contributed by atoms with Crippen LogP contribution in [0.25, 0.3) is 11.1 Å².